The quantitative estimate of drug-likeness (QED) is 0.682. The Morgan fingerprint density at radius 2 is 1.89 bits per heavy atom. The van der Waals surface area contributed by atoms with Gasteiger partial charge in [0.2, 0.25) is 0 Å². The molecule has 1 atom stereocenters. The first-order chi connectivity index (χ1) is 8.54. The molecule has 1 unspecified atom stereocenters. The van der Waals surface area contributed by atoms with E-state index in [1.807, 2.05) is 6.92 Å². The molecular weight excluding hydrogens is 232 g/mol. The van der Waals surface area contributed by atoms with Crippen molar-refractivity contribution in [3.8, 4) is 0 Å². The summed E-state index contributed by atoms with van der Waals surface area (Å²) in [6.07, 6.45) is 5.56. The van der Waals surface area contributed by atoms with E-state index in [0.29, 0.717) is 12.8 Å². The fourth-order valence-electron chi connectivity index (χ4n) is 2.54. The first-order valence-corrected chi connectivity index (χ1v) is 6.86. The summed E-state index contributed by atoms with van der Waals surface area (Å²) in [6.45, 7) is 4.08. The summed E-state index contributed by atoms with van der Waals surface area (Å²) in [5.41, 5.74) is -1.05. The third kappa shape index (κ3) is 3.62. The third-order valence-corrected chi connectivity index (χ3v) is 3.68. The lowest BCUT2D eigenvalue weighted by Crippen LogP contribution is -2.56. The summed E-state index contributed by atoms with van der Waals surface area (Å²) in [7, 11) is 0. The van der Waals surface area contributed by atoms with Gasteiger partial charge in [-0.2, -0.15) is 0 Å². The number of hydrogen-bond donors (Lipinski definition) is 3. The van der Waals surface area contributed by atoms with E-state index in [4.69, 9.17) is 0 Å². The average molecular weight is 256 g/mol. The van der Waals surface area contributed by atoms with Gasteiger partial charge in [-0.15, -0.1) is 0 Å². The molecule has 0 saturated heterocycles. The number of carboxylic acids is 1. The molecule has 5 nitrogen and oxygen atoms in total. The molecule has 1 fully saturated rings. The van der Waals surface area contributed by atoms with Crippen LogP contribution in [-0.2, 0) is 4.79 Å². The maximum Gasteiger partial charge on any atom is 0.329 e. The van der Waals surface area contributed by atoms with Crippen molar-refractivity contribution >= 4 is 12.0 Å². The van der Waals surface area contributed by atoms with Crippen LogP contribution in [0.1, 0.15) is 58.8 Å². The number of rotatable bonds is 6. The molecule has 0 heterocycles. The van der Waals surface area contributed by atoms with E-state index in [1.165, 1.54) is 0 Å². The van der Waals surface area contributed by atoms with E-state index < -0.39 is 11.5 Å². The number of hydrogen-bond acceptors (Lipinski definition) is 2. The van der Waals surface area contributed by atoms with E-state index >= 15 is 0 Å². The molecule has 0 spiro atoms. The lowest BCUT2D eigenvalue weighted by Gasteiger charge is -2.27. The van der Waals surface area contributed by atoms with Gasteiger partial charge in [-0.3, -0.25) is 0 Å². The van der Waals surface area contributed by atoms with E-state index in [0.717, 1.165) is 32.1 Å². The zero-order valence-corrected chi connectivity index (χ0v) is 11.3. The van der Waals surface area contributed by atoms with Crippen molar-refractivity contribution in [2.24, 2.45) is 0 Å². The van der Waals surface area contributed by atoms with Crippen LogP contribution in [0.25, 0.3) is 0 Å². The molecule has 2 amide bonds. The SMILES string of the molecule is CCCC(CC)NC(=O)NC1(C(=O)O)CCCC1. The Labute approximate surface area is 108 Å². The Hall–Kier alpha value is -1.26. The maximum atomic E-state index is 11.9. The van der Waals surface area contributed by atoms with Gasteiger partial charge >= 0.3 is 12.0 Å². The van der Waals surface area contributed by atoms with Gasteiger partial charge in [-0.25, -0.2) is 9.59 Å². The highest BCUT2D eigenvalue weighted by Gasteiger charge is 2.42. The molecule has 1 aliphatic rings. The van der Waals surface area contributed by atoms with Crippen LogP contribution in [-0.4, -0.2) is 28.7 Å². The highest BCUT2D eigenvalue weighted by atomic mass is 16.4. The van der Waals surface area contributed by atoms with Crippen LogP contribution in [0.2, 0.25) is 0 Å². The molecule has 0 aromatic heterocycles. The van der Waals surface area contributed by atoms with Crippen LogP contribution in [0.4, 0.5) is 4.79 Å². The Bertz CT molecular complexity index is 299. The summed E-state index contributed by atoms with van der Waals surface area (Å²) in [4.78, 5) is 23.2. The van der Waals surface area contributed by atoms with Crippen molar-refractivity contribution in [1.29, 1.82) is 0 Å². The minimum atomic E-state index is -1.05. The van der Waals surface area contributed by atoms with Gasteiger partial charge in [-0.1, -0.05) is 33.1 Å². The lowest BCUT2D eigenvalue weighted by molar-refractivity contribution is -0.144. The van der Waals surface area contributed by atoms with Crippen LogP contribution in [0.15, 0.2) is 0 Å². The summed E-state index contributed by atoms with van der Waals surface area (Å²) < 4.78 is 0. The largest absolute Gasteiger partial charge is 0.480 e. The second kappa shape index (κ2) is 6.61. The van der Waals surface area contributed by atoms with Crippen LogP contribution in [0.3, 0.4) is 0 Å². The Balaban J connectivity index is 2.54. The van der Waals surface area contributed by atoms with Gasteiger partial charge < -0.3 is 15.7 Å². The highest BCUT2D eigenvalue weighted by molar-refractivity contribution is 5.86. The van der Waals surface area contributed by atoms with Gasteiger partial charge in [0.05, 0.1) is 0 Å². The summed E-state index contributed by atoms with van der Waals surface area (Å²) in [6, 6.07) is -0.221. The summed E-state index contributed by atoms with van der Waals surface area (Å²) in [5, 5.41) is 14.8. The molecular formula is C13H24N2O3. The van der Waals surface area contributed by atoms with E-state index in [2.05, 4.69) is 17.6 Å². The van der Waals surface area contributed by atoms with E-state index in [9.17, 15) is 14.7 Å². The predicted octanol–water partition coefficient (Wildman–Crippen LogP) is 2.26. The standard InChI is InChI=1S/C13H24N2O3/c1-3-7-10(4-2)14-12(18)15-13(11(16)17)8-5-6-9-13/h10H,3-9H2,1-2H3,(H,16,17)(H2,14,15,18). The van der Waals surface area contributed by atoms with Crippen molar-refractivity contribution in [3.05, 3.63) is 0 Å². The molecule has 0 bridgehead atoms. The van der Waals surface area contributed by atoms with E-state index in [-0.39, 0.29) is 12.1 Å². The molecule has 104 valence electrons. The topological polar surface area (TPSA) is 78.4 Å². The van der Waals surface area contributed by atoms with E-state index in [1.54, 1.807) is 0 Å². The Kier molecular flexibility index (Phi) is 5.44. The van der Waals surface area contributed by atoms with Crippen molar-refractivity contribution in [1.82, 2.24) is 10.6 Å². The molecule has 0 aromatic rings. The van der Waals surface area contributed by atoms with Gasteiger partial charge in [0, 0.05) is 6.04 Å². The number of carbonyl (C=O) groups is 2. The highest BCUT2D eigenvalue weighted by Crippen LogP contribution is 2.29. The third-order valence-electron chi connectivity index (χ3n) is 3.68. The van der Waals surface area contributed by atoms with Gasteiger partial charge in [-0.05, 0) is 25.7 Å². The fraction of sp³-hybridized carbons (Fsp3) is 0.846. The molecule has 5 heteroatoms. The lowest BCUT2D eigenvalue weighted by atomic mass is 9.98. The first kappa shape index (κ1) is 14.8. The Morgan fingerprint density at radius 3 is 2.33 bits per heavy atom. The van der Waals surface area contributed by atoms with Gasteiger partial charge in [0.25, 0.3) is 0 Å². The van der Waals surface area contributed by atoms with Crippen molar-refractivity contribution in [3.63, 3.8) is 0 Å². The number of amides is 2. The number of carboxylic acid groups (broad SMARTS) is 1. The molecule has 1 aliphatic carbocycles. The number of carbonyl (C=O) groups excluding carboxylic acids is 1. The number of urea groups is 1. The summed E-state index contributed by atoms with van der Waals surface area (Å²) in [5.74, 6) is -0.918. The van der Waals surface area contributed by atoms with Crippen LogP contribution >= 0.6 is 0 Å². The van der Waals surface area contributed by atoms with Gasteiger partial charge in [0.1, 0.15) is 5.54 Å². The van der Waals surface area contributed by atoms with Crippen LogP contribution in [0, 0.1) is 0 Å². The fourth-order valence-corrected chi connectivity index (χ4v) is 2.54. The zero-order chi connectivity index (χ0) is 13.6. The second-order valence-corrected chi connectivity index (χ2v) is 5.09. The minimum Gasteiger partial charge on any atom is -0.480 e. The predicted molar refractivity (Wildman–Crippen MR) is 69.5 cm³/mol. The van der Waals surface area contributed by atoms with Crippen molar-refractivity contribution in [2.45, 2.75) is 70.4 Å². The monoisotopic (exact) mass is 256 g/mol. The van der Waals surface area contributed by atoms with Crippen molar-refractivity contribution < 1.29 is 14.7 Å². The summed E-state index contributed by atoms with van der Waals surface area (Å²) >= 11 is 0. The molecule has 1 saturated carbocycles. The maximum absolute atomic E-state index is 11.9. The first-order valence-electron chi connectivity index (χ1n) is 6.86. The molecule has 1 rings (SSSR count). The Morgan fingerprint density at radius 1 is 1.28 bits per heavy atom. The smallest absolute Gasteiger partial charge is 0.329 e. The molecule has 0 aliphatic heterocycles. The second-order valence-electron chi connectivity index (χ2n) is 5.09. The molecule has 3 N–H and O–H groups in total. The molecule has 18 heavy (non-hydrogen) atoms. The molecule has 0 aromatic carbocycles. The van der Waals surface area contributed by atoms with Crippen LogP contribution < -0.4 is 10.6 Å². The normalized spacial score (nSPS) is 19.2. The van der Waals surface area contributed by atoms with Crippen LogP contribution in [0.5, 0.6) is 0 Å². The number of aliphatic carboxylic acids is 1. The van der Waals surface area contributed by atoms with Crippen molar-refractivity contribution in [2.75, 3.05) is 0 Å². The number of nitrogens with one attached hydrogen (secondary N) is 2. The zero-order valence-electron chi connectivity index (χ0n) is 11.3. The van der Waals surface area contributed by atoms with Gasteiger partial charge in [0.15, 0.2) is 0 Å². The molecule has 0 radical (unpaired) electrons. The minimum absolute atomic E-state index is 0.127. The average Bonchev–Trinajstić information content (AvgIpc) is 2.78.